The standard InChI is InChI=1S/C15H16N2O2/c1-10-8-13(6-7-17-10)12-4-2-11(3-5-12)9-14(16)15(18)19/h2-8,14H,9,16H2,1H3,(H,18,19)/t14-/m0/s1. The zero-order valence-corrected chi connectivity index (χ0v) is 10.7. The molecule has 0 amide bonds. The number of rotatable bonds is 4. The van der Waals surface area contributed by atoms with Crippen LogP contribution in [0.25, 0.3) is 11.1 Å². The molecule has 0 aliphatic rings. The first-order valence-corrected chi connectivity index (χ1v) is 6.06. The fraction of sp³-hybridized carbons (Fsp3) is 0.200. The smallest absolute Gasteiger partial charge is 0.320 e. The summed E-state index contributed by atoms with van der Waals surface area (Å²) in [7, 11) is 0. The van der Waals surface area contributed by atoms with Crippen molar-refractivity contribution in [2.75, 3.05) is 0 Å². The van der Waals surface area contributed by atoms with Crippen molar-refractivity contribution in [3.63, 3.8) is 0 Å². The molecule has 0 unspecified atom stereocenters. The summed E-state index contributed by atoms with van der Waals surface area (Å²) in [6.45, 7) is 1.95. The van der Waals surface area contributed by atoms with Crippen LogP contribution in [0.15, 0.2) is 42.6 Å². The first-order valence-electron chi connectivity index (χ1n) is 6.06. The van der Waals surface area contributed by atoms with Gasteiger partial charge < -0.3 is 10.8 Å². The molecule has 4 heteroatoms. The van der Waals surface area contributed by atoms with E-state index in [9.17, 15) is 4.79 Å². The van der Waals surface area contributed by atoms with Gasteiger partial charge in [-0.2, -0.15) is 0 Å². The van der Waals surface area contributed by atoms with Gasteiger partial charge in [-0.3, -0.25) is 9.78 Å². The van der Waals surface area contributed by atoms with E-state index in [1.807, 2.05) is 43.3 Å². The number of aliphatic carboxylic acids is 1. The molecular weight excluding hydrogens is 240 g/mol. The highest BCUT2D eigenvalue weighted by Crippen LogP contribution is 2.20. The van der Waals surface area contributed by atoms with Crippen LogP contribution >= 0.6 is 0 Å². The molecule has 4 nitrogen and oxygen atoms in total. The van der Waals surface area contributed by atoms with Gasteiger partial charge in [0.25, 0.3) is 0 Å². The van der Waals surface area contributed by atoms with E-state index in [2.05, 4.69) is 4.98 Å². The predicted octanol–water partition coefficient (Wildman–Crippen LogP) is 2.01. The van der Waals surface area contributed by atoms with E-state index in [4.69, 9.17) is 10.8 Å². The number of benzene rings is 1. The van der Waals surface area contributed by atoms with Crippen molar-refractivity contribution in [1.82, 2.24) is 4.98 Å². The van der Waals surface area contributed by atoms with Crippen molar-refractivity contribution in [2.45, 2.75) is 19.4 Å². The minimum absolute atomic E-state index is 0.338. The number of pyridine rings is 1. The Bertz CT molecular complexity index is 579. The molecule has 1 aromatic carbocycles. The maximum Gasteiger partial charge on any atom is 0.320 e. The van der Waals surface area contributed by atoms with Gasteiger partial charge in [0.05, 0.1) is 0 Å². The van der Waals surface area contributed by atoms with E-state index in [-0.39, 0.29) is 0 Å². The molecule has 0 bridgehead atoms. The van der Waals surface area contributed by atoms with Crippen LogP contribution in [0.5, 0.6) is 0 Å². The van der Waals surface area contributed by atoms with E-state index >= 15 is 0 Å². The lowest BCUT2D eigenvalue weighted by atomic mass is 10.0. The average molecular weight is 256 g/mol. The molecule has 19 heavy (non-hydrogen) atoms. The fourth-order valence-corrected chi connectivity index (χ4v) is 1.90. The Kier molecular flexibility index (Phi) is 3.92. The van der Waals surface area contributed by atoms with Gasteiger partial charge in [-0.1, -0.05) is 24.3 Å². The summed E-state index contributed by atoms with van der Waals surface area (Å²) in [6, 6.07) is 10.9. The van der Waals surface area contributed by atoms with Crippen LogP contribution in [0.4, 0.5) is 0 Å². The molecule has 0 fully saturated rings. The fourth-order valence-electron chi connectivity index (χ4n) is 1.90. The lowest BCUT2D eigenvalue weighted by Crippen LogP contribution is -2.32. The summed E-state index contributed by atoms with van der Waals surface area (Å²) in [4.78, 5) is 14.9. The molecule has 98 valence electrons. The van der Waals surface area contributed by atoms with Gasteiger partial charge in [-0.15, -0.1) is 0 Å². The van der Waals surface area contributed by atoms with Crippen molar-refractivity contribution in [3.05, 3.63) is 53.9 Å². The van der Waals surface area contributed by atoms with Crippen molar-refractivity contribution >= 4 is 5.97 Å². The van der Waals surface area contributed by atoms with E-state index in [1.54, 1.807) is 6.20 Å². The molecule has 0 saturated carbocycles. The zero-order chi connectivity index (χ0) is 13.8. The maximum absolute atomic E-state index is 10.7. The minimum Gasteiger partial charge on any atom is -0.480 e. The highest BCUT2D eigenvalue weighted by atomic mass is 16.4. The molecule has 0 saturated heterocycles. The molecule has 1 aromatic heterocycles. The van der Waals surface area contributed by atoms with Gasteiger partial charge in [0.1, 0.15) is 6.04 Å². The Balaban J connectivity index is 2.17. The van der Waals surface area contributed by atoms with Gasteiger partial charge in [0.15, 0.2) is 0 Å². The van der Waals surface area contributed by atoms with E-state index in [0.29, 0.717) is 6.42 Å². The van der Waals surface area contributed by atoms with Crippen LogP contribution in [0, 0.1) is 6.92 Å². The largest absolute Gasteiger partial charge is 0.480 e. The third kappa shape index (κ3) is 3.39. The van der Waals surface area contributed by atoms with Crippen LogP contribution in [0.2, 0.25) is 0 Å². The summed E-state index contributed by atoms with van der Waals surface area (Å²) >= 11 is 0. The predicted molar refractivity (Wildman–Crippen MR) is 73.7 cm³/mol. The van der Waals surface area contributed by atoms with Gasteiger partial charge in [0.2, 0.25) is 0 Å². The molecule has 1 atom stereocenters. The first kappa shape index (κ1) is 13.2. The Morgan fingerprint density at radius 1 is 1.26 bits per heavy atom. The van der Waals surface area contributed by atoms with Crippen LogP contribution in [-0.4, -0.2) is 22.1 Å². The number of nitrogens with two attached hydrogens (primary N) is 1. The summed E-state index contributed by atoms with van der Waals surface area (Å²) in [5.41, 5.74) is 9.58. The number of nitrogens with zero attached hydrogens (tertiary/aromatic N) is 1. The second-order valence-corrected chi connectivity index (χ2v) is 4.53. The van der Waals surface area contributed by atoms with Crippen molar-refractivity contribution in [2.24, 2.45) is 5.73 Å². The van der Waals surface area contributed by atoms with Crippen molar-refractivity contribution in [1.29, 1.82) is 0 Å². The lowest BCUT2D eigenvalue weighted by molar-refractivity contribution is -0.138. The third-order valence-corrected chi connectivity index (χ3v) is 2.96. The Labute approximate surface area is 111 Å². The second-order valence-electron chi connectivity index (χ2n) is 4.53. The number of aromatic nitrogens is 1. The molecular formula is C15H16N2O2. The molecule has 0 radical (unpaired) electrons. The summed E-state index contributed by atoms with van der Waals surface area (Å²) in [6.07, 6.45) is 2.11. The van der Waals surface area contributed by atoms with E-state index < -0.39 is 12.0 Å². The van der Waals surface area contributed by atoms with Crippen molar-refractivity contribution in [3.8, 4) is 11.1 Å². The number of carboxylic acid groups (broad SMARTS) is 1. The van der Waals surface area contributed by atoms with Gasteiger partial charge in [0, 0.05) is 11.9 Å². The Morgan fingerprint density at radius 2 is 1.95 bits per heavy atom. The van der Waals surface area contributed by atoms with Crippen LogP contribution in [-0.2, 0) is 11.2 Å². The average Bonchev–Trinajstić information content (AvgIpc) is 2.39. The number of hydrogen-bond acceptors (Lipinski definition) is 3. The quantitative estimate of drug-likeness (QED) is 0.877. The second kappa shape index (κ2) is 5.63. The molecule has 0 spiro atoms. The monoisotopic (exact) mass is 256 g/mol. The number of carboxylic acids is 1. The third-order valence-electron chi connectivity index (χ3n) is 2.96. The highest BCUT2D eigenvalue weighted by Gasteiger charge is 2.11. The van der Waals surface area contributed by atoms with Crippen molar-refractivity contribution < 1.29 is 9.90 Å². The SMILES string of the molecule is Cc1cc(-c2ccc(C[C@H](N)C(=O)O)cc2)ccn1. The van der Waals surface area contributed by atoms with E-state index in [1.165, 1.54) is 0 Å². The molecule has 3 N–H and O–H groups in total. The highest BCUT2D eigenvalue weighted by molar-refractivity contribution is 5.73. The molecule has 0 aliphatic heterocycles. The summed E-state index contributed by atoms with van der Waals surface area (Å²) < 4.78 is 0. The Morgan fingerprint density at radius 3 is 2.53 bits per heavy atom. The van der Waals surface area contributed by atoms with Gasteiger partial charge >= 0.3 is 5.97 Å². The van der Waals surface area contributed by atoms with Crippen LogP contribution in [0.1, 0.15) is 11.3 Å². The van der Waals surface area contributed by atoms with Gasteiger partial charge in [-0.25, -0.2) is 0 Å². The summed E-state index contributed by atoms with van der Waals surface area (Å²) in [5, 5.41) is 8.77. The molecule has 1 heterocycles. The Hall–Kier alpha value is -2.20. The summed E-state index contributed by atoms with van der Waals surface area (Å²) in [5.74, 6) is -0.978. The first-order chi connectivity index (χ1) is 9.06. The lowest BCUT2D eigenvalue weighted by Gasteiger charge is -2.08. The maximum atomic E-state index is 10.7. The van der Waals surface area contributed by atoms with Gasteiger partial charge in [-0.05, 0) is 42.2 Å². The number of carbonyl (C=O) groups is 1. The zero-order valence-electron chi connectivity index (χ0n) is 10.7. The van der Waals surface area contributed by atoms with Crippen LogP contribution < -0.4 is 5.73 Å². The number of aryl methyl sites for hydroxylation is 1. The molecule has 2 aromatic rings. The van der Waals surface area contributed by atoms with Crippen LogP contribution in [0.3, 0.4) is 0 Å². The number of hydrogen-bond donors (Lipinski definition) is 2. The van der Waals surface area contributed by atoms with E-state index in [0.717, 1.165) is 22.4 Å². The molecule has 2 rings (SSSR count). The normalized spacial score (nSPS) is 12.1. The molecule has 0 aliphatic carbocycles. The topological polar surface area (TPSA) is 76.2 Å². The minimum atomic E-state index is -0.978.